The molecule has 0 bridgehead atoms. The molecule has 1 unspecified atom stereocenters. The van der Waals surface area contributed by atoms with Crippen LogP contribution in [0.3, 0.4) is 0 Å². The van der Waals surface area contributed by atoms with Crippen molar-refractivity contribution in [2.75, 3.05) is 37.6 Å². The lowest BCUT2D eigenvalue weighted by Crippen LogP contribution is -2.39. The average molecular weight is 426 g/mol. The molecule has 0 spiro atoms. The van der Waals surface area contributed by atoms with Crippen molar-refractivity contribution in [3.63, 3.8) is 0 Å². The van der Waals surface area contributed by atoms with Crippen molar-refractivity contribution in [2.45, 2.75) is 32.7 Å². The fourth-order valence-corrected chi connectivity index (χ4v) is 3.65. The molecule has 3 rings (SSSR count). The van der Waals surface area contributed by atoms with Crippen molar-refractivity contribution >= 4 is 17.6 Å². The van der Waals surface area contributed by atoms with Crippen LogP contribution in [0.5, 0.6) is 0 Å². The number of halogens is 1. The summed E-state index contributed by atoms with van der Waals surface area (Å²) in [5, 5.41) is 9.38. The predicted molar refractivity (Wildman–Crippen MR) is 124 cm³/mol. The Morgan fingerprint density at radius 1 is 1.13 bits per heavy atom. The van der Waals surface area contributed by atoms with E-state index in [0.717, 1.165) is 19.6 Å². The second-order valence-electron chi connectivity index (χ2n) is 7.65. The molecule has 7 heteroatoms. The summed E-state index contributed by atoms with van der Waals surface area (Å²) in [6, 6.07) is 14.7. The highest BCUT2D eigenvalue weighted by molar-refractivity contribution is 5.94. The van der Waals surface area contributed by atoms with Gasteiger partial charge in [-0.3, -0.25) is 9.79 Å². The van der Waals surface area contributed by atoms with Crippen LogP contribution in [-0.4, -0.2) is 44.6 Å². The van der Waals surface area contributed by atoms with Crippen LogP contribution in [0.1, 0.15) is 48.7 Å². The van der Waals surface area contributed by atoms with Crippen LogP contribution in [0.15, 0.2) is 53.5 Å². The Balaban J connectivity index is 1.55. The van der Waals surface area contributed by atoms with Crippen molar-refractivity contribution in [1.82, 2.24) is 16.0 Å². The minimum absolute atomic E-state index is 0.0445. The molecule has 1 aliphatic heterocycles. The first-order chi connectivity index (χ1) is 15.1. The third-order valence-corrected chi connectivity index (χ3v) is 5.32. The third kappa shape index (κ3) is 6.44. The molecule has 0 radical (unpaired) electrons. The lowest BCUT2D eigenvalue weighted by atomic mass is 10.1. The summed E-state index contributed by atoms with van der Waals surface area (Å²) in [4.78, 5) is 19.1. The van der Waals surface area contributed by atoms with E-state index in [1.54, 1.807) is 12.1 Å². The van der Waals surface area contributed by atoms with Gasteiger partial charge in [-0.05, 0) is 56.5 Å². The monoisotopic (exact) mass is 425 g/mol. The number of benzene rings is 2. The smallest absolute Gasteiger partial charge is 0.254 e. The molecule has 1 aliphatic rings. The Bertz CT molecular complexity index is 895. The summed E-state index contributed by atoms with van der Waals surface area (Å²) in [7, 11) is 0. The maximum Gasteiger partial charge on any atom is 0.254 e. The Kier molecular flexibility index (Phi) is 8.27. The molecular weight excluding hydrogens is 393 g/mol. The van der Waals surface area contributed by atoms with Gasteiger partial charge in [-0.2, -0.15) is 0 Å². The van der Waals surface area contributed by atoms with Gasteiger partial charge in [0.05, 0.1) is 18.2 Å². The number of nitrogens with one attached hydrogen (secondary N) is 3. The molecule has 0 aromatic heterocycles. The molecule has 6 nitrogen and oxygen atoms in total. The van der Waals surface area contributed by atoms with E-state index in [-0.39, 0.29) is 11.6 Å². The SMILES string of the molecule is CCNC(=NCCNC(=O)c1ccccc1F)NC(C)c1cccc(N2CCCC2)c1. The van der Waals surface area contributed by atoms with Crippen molar-refractivity contribution in [2.24, 2.45) is 4.99 Å². The minimum Gasteiger partial charge on any atom is -0.372 e. The molecule has 3 N–H and O–H groups in total. The number of nitrogens with zero attached hydrogens (tertiary/aromatic N) is 2. The lowest BCUT2D eigenvalue weighted by Gasteiger charge is -2.22. The Morgan fingerprint density at radius 2 is 1.90 bits per heavy atom. The molecular formula is C24H32FN5O. The van der Waals surface area contributed by atoms with Gasteiger partial charge in [0.1, 0.15) is 5.82 Å². The highest BCUT2D eigenvalue weighted by Crippen LogP contribution is 2.23. The van der Waals surface area contributed by atoms with Gasteiger partial charge in [0.2, 0.25) is 0 Å². The number of aliphatic imine (C=N–C) groups is 1. The number of hydrogen-bond acceptors (Lipinski definition) is 3. The fraction of sp³-hybridized carbons (Fsp3) is 0.417. The van der Waals surface area contributed by atoms with E-state index < -0.39 is 11.7 Å². The summed E-state index contributed by atoms with van der Waals surface area (Å²) < 4.78 is 13.7. The van der Waals surface area contributed by atoms with E-state index in [0.29, 0.717) is 19.0 Å². The average Bonchev–Trinajstić information content (AvgIpc) is 3.32. The summed E-state index contributed by atoms with van der Waals surface area (Å²) >= 11 is 0. The number of anilines is 1. The first-order valence-corrected chi connectivity index (χ1v) is 11.0. The second-order valence-corrected chi connectivity index (χ2v) is 7.65. The molecule has 1 amide bonds. The molecule has 1 saturated heterocycles. The van der Waals surface area contributed by atoms with Gasteiger partial charge in [-0.25, -0.2) is 4.39 Å². The van der Waals surface area contributed by atoms with E-state index in [9.17, 15) is 9.18 Å². The quantitative estimate of drug-likeness (QED) is 0.344. The minimum atomic E-state index is -0.525. The zero-order chi connectivity index (χ0) is 22.1. The van der Waals surface area contributed by atoms with Crippen molar-refractivity contribution in [3.05, 3.63) is 65.5 Å². The Hall–Kier alpha value is -3.09. The lowest BCUT2D eigenvalue weighted by molar-refractivity contribution is 0.0951. The largest absolute Gasteiger partial charge is 0.372 e. The van der Waals surface area contributed by atoms with Gasteiger partial charge in [-0.15, -0.1) is 0 Å². The van der Waals surface area contributed by atoms with Gasteiger partial charge in [0.25, 0.3) is 5.91 Å². The Morgan fingerprint density at radius 3 is 2.65 bits per heavy atom. The fourth-order valence-electron chi connectivity index (χ4n) is 3.65. The van der Waals surface area contributed by atoms with Crippen LogP contribution in [0.25, 0.3) is 0 Å². The third-order valence-electron chi connectivity index (χ3n) is 5.32. The topological polar surface area (TPSA) is 68.8 Å². The number of amides is 1. The van der Waals surface area contributed by atoms with Gasteiger partial charge in [-0.1, -0.05) is 24.3 Å². The van der Waals surface area contributed by atoms with Crippen molar-refractivity contribution < 1.29 is 9.18 Å². The van der Waals surface area contributed by atoms with Crippen LogP contribution in [0.4, 0.5) is 10.1 Å². The maximum absolute atomic E-state index is 13.7. The number of hydrogen-bond donors (Lipinski definition) is 3. The molecule has 0 aliphatic carbocycles. The predicted octanol–water partition coefficient (Wildman–Crippen LogP) is 3.47. The number of carbonyl (C=O) groups is 1. The van der Waals surface area contributed by atoms with E-state index in [1.165, 1.54) is 36.2 Å². The molecule has 1 heterocycles. The number of carbonyl (C=O) groups excluding carboxylic acids is 1. The molecule has 1 atom stereocenters. The van der Waals surface area contributed by atoms with E-state index in [2.05, 4.69) is 57.0 Å². The molecule has 2 aromatic rings. The van der Waals surface area contributed by atoms with Crippen LogP contribution >= 0.6 is 0 Å². The van der Waals surface area contributed by atoms with Gasteiger partial charge < -0.3 is 20.9 Å². The van der Waals surface area contributed by atoms with Crippen molar-refractivity contribution in [3.8, 4) is 0 Å². The normalized spacial score (nSPS) is 14.9. The summed E-state index contributed by atoms with van der Waals surface area (Å²) in [5.41, 5.74) is 2.51. The van der Waals surface area contributed by atoms with Crippen LogP contribution in [-0.2, 0) is 0 Å². The van der Waals surface area contributed by atoms with Crippen LogP contribution < -0.4 is 20.9 Å². The summed E-state index contributed by atoms with van der Waals surface area (Å²) in [6.07, 6.45) is 2.51. The van der Waals surface area contributed by atoms with Crippen molar-refractivity contribution in [1.29, 1.82) is 0 Å². The van der Waals surface area contributed by atoms with Gasteiger partial charge in [0.15, 0.2) is 5.96 Å². The molecule has 166 valence electrons. The second kappa shape index (κ2) is 11.3. The van der Waals surface area contributed by atoms with E-state index in [4.69, 9.17) is 0 Å². The molecule has 1 fully saturated rings. The van der Waals surface area contributed by atoms with E-state index in [1.807, 2.05) is 6.92 Å². The zero-order valence-corrected chi connectivity index (χ0v) is 18.3. The van der Waals surface area contributed by atoms with Gasteiger partial charge in [0, 0.05) is 31.9 Å². The number of guanidine groups is 1. The maximum atomic E-state index is 13.7. The van der Waals surface area contributed by atoms with Gasteiger partial charge >= 0.3 is 0 Å². The first-order valence-electron chi connectivity index (χ1n) is 11.0. The highest BCUT2D eigenvalue weighted by Gasteiger charge is 2.15. The van der Waals surface area contributed by atoms with Crippen LogP contribution in [0.2, 0.25) is 0 Å². The number of rotatable bonds is 8. The summed E-state index contributed by atoms with van der Waals surface area (Å²) in [5.74, 6) is -0.274. The first kappa shape index (κ1) is 22.6. The molecule has 0 saturated carbocycles. The molecule has 2 aromatic carbocycles. The Labute approximate surface area is 183 Å². The summed E-state index contributed by atoms with van der Waals surface area (Å²) in [6.45, 7) is 7.79. The standard InChI is InChI=1S/C24H32FN5O/c1-3-26-24(28-14-13-27-23(31)21-11-4-5-12-22(21)25)29-18(2)19-9-8-10-20(17-19)30-15-6-7-16-30/h4-5,8-12,17-18H,3,6-7,13-16H2,1-2H3,(H,27,31)(H2,26,28,29). The molecule has 31 heavy (non-hydrogen) atoms. The highest BCUT2D eigenvalue weighted by atomic mass is 19.1. The van der Waals surface area contributed by atoms with E-state index >= 15 is 0 Å². The van der Waals surface area contributed by atoms with Crippen LogP contribution in [0, 0.1) is 5.82 Å². The zero-order valence-electron chi connectivity index (χ0n) is 18.3.